The van der Waals surface area contributed by atoms with E-state index in [-0.39, 0.29) is 17.6 Å². The SMILES string of the molecule is O=C(C=Cc1ccccc1)N1CCC(n2c(=O)n(-c3ccc(Oc4ccccc4)cc3)c3cnccc32)C1. The molecule has 0 radical (unpaired) electrons. The lowest BCUT2D eigenvalue weighted by molar-refractivity contribution is -0.125. The second kappa shape index (κ2) is 10.2. The molecular weight excluding hydrogens is 476 g/mol. The van der Waals surface area contributed by atoms with E-state index >= 15 is 0 Å². The molecule has 1 atom stereocenters. The predicted octanol–water partition coefficient (Wildman–Crippen LogP) is 5.47. The Hall–Kier alpha value is -4.91. The van der Waals surface area contributed by atoms with Gasteiger partial charge in [0.2, 0.25) is 5.91 Å². The zero-order valence-electron chi connectivity index (χ0n) is 20.7. The van der Waals surface area contributed by atoms with Crippen LogP contribution in [0.5, 0.6) is 11.5 Å². The highest BCUT2D eigenvalue weighted by Gasteiger charge is 2.30. The summed E-state index contributed by atoms with van der Waals surface area (Å²) in [5.41, 5.74) is 3.08. The Balaban J connectivity index is 1.26. The normalized spacial score (nSPS) is 15.4. The number of para-hydroxylation sites is 1. The van der Waals surface area contributed by atoms with E-state index in [2.05, 4.69) is 4.98 Å². The number of fused-ring (bicyclic) bond motifs is 1. The van der Waals surface area contributed by atoms with Gasteiger partial charge in [-0.2, -0.15) is 0 Å². The van der Waals surface area contributed by atoms with Gasteiger partial charge in [-0.15, -0.1) is 0 Å². The molecule has 0 saturated carbocycles. The summed E-state index contributed by atoms with van der Waals surface area (Å²) in [4.78, 5) is 32.7. The fraction of sp³-hybridized carbons (Fsp3) is 0.129. The molecule has 0 N–H and O–H groups in total. The minimum Gasteiger partial charge on any atom is -0.457 e. The lowest BCUT2D eigenvalue weighted by atomic mass is 10.2. The van der Waals surface area contributed by atoms with E-state index in [1.165, 1.54) is 0 Å². The Kier molecular flexibility index (Phi) is 6.32. The van der Waals surface area contributed by atoms with Crippen molar-refractivity contribution in [3.05, 3.63) is 126 Å². The number of carbonyl (C=O) groups is 1. The lowest BCUT2D eigenvalue weighted by Gasteiger charge is -2.15. The van der Waals surface area contributed by atoms with Crippen LogP contribution in [0, 0.1) is 0 Å². The molecule has 0 bridgehead atoms. The highest BCUT2D eigenvalue weighted by atomic mass is 16.5. The van der Waals surface area contributed by atoms with Crippen molar-refractivity contribution >= 4 is 23.0 Å². The van der Waals surface area contributed by atoms with Gasteiger partial charge in [-0.05, 0) is 60.5 Å². The molecule has 38 heavy (non-hydrogen) atoms. The minimum absolute atomic E-state index is 0.0520. The van der Waals surface area contributed by atoms with Gasteiger partial charge in [-0.3, -0.25) is 18.9 Å². The van der Waals surface area contributed by atoms with Gasteiger partial charge in [0, 0.05) is 25.4 Å². The van der Waals surface area contributed by atoms with Crippen LogP contribution < -0.4 is 10.4 Å². The average molecular weight is 503 g/mol. The monoisotopic (exact) mass is 502 g/mol. The first-order valence-electron chi connectivity index (χ1n) is 12.6. The Morgan fingerprint density at radius 2 is 1.58 bits per heavy atom. The number of rotatable bonds is 6. The standard InChI is InChI=1S/C31H26N4O3/c36-30(16-11-23-7-3-1-4-8-23)33-20-18-25(22-33)35-28-17-19-32-21-29(28)34(31(35)37)24-12-14-27(15-13-24)38-26-9-5-2-6-10-26/h1-17,19,21,25H,18,20,22H2. The number of ether oxygens (including phenoxy) is 1. The van der Waals surface area contributed by atoms with Gasteiger partial charge in [0.25, 0.3) is 0 Å². The van der Waals surface area contributed by atoms with Crippen molar-refractivity contribution in [2.24, 2.45) is 0 Å². The molecule has 7 heteroatoms. The van der Waals surface area contributed by atoms with E-state index < -0.39 is 0 Å². The molecular formula is C31H26N4O3. The Bertz CT molecular complexity index is 1660. The van der Waals surface area contributed by atoms with Gasteiger partial charge in [-0.1, -0.05) is 48.5 Å². The first-order chi connectivity index (χ1) is 18.7. The molecule has 0 spiro atoms. The van der Waals surface area contributed by atoms with Gasteiger partial charge in [0.1, 0.15) is 11.5 Å². The molecule has 188 valence electrons. The number of nitrogens with zero attached hydrogens (tertiary/aromatic N) is 4. The van der Waals surface area contributed by atoms with Crippen LogP contribution in [0.15, 0.2) is 114 Å². The Morgan fingerprint density at radius 1 is 0.868 bits per heavy atom. The van der Waals surface area contributed by atoms with Crippen LogP contribution in [0.3, 0.4) is 0 Å². The summed E-state index contributed by atoms with van der Waals surface area (Å²) in [5.74, 6) is 1.38. The molecule has 7 nitrogen and oxygen atoms in total. The number of pyridine rings is 1. The molecule has 1 aliphatic heterocycles. The second-order valence-electron chi connectivity index (χ2n) is 9.23. The maximum absolute atomic E-state index is 13.8. The van der Waals surface area contributed by atoms with Gasteiger partial charge < -0.3 is 9.64 Å². The van der Waals surface area contributed by atoms with Crippen molar-refractivity contribution in [2.75, 3.05) is 13.1 Å². The largest absolute Gasteiger partial charge is 0.457 e. The molecule has 2 aromatic heterocycles. The number of aromatic nitrogens is 3. The summed E-state index contributed by atoms with van der Waals surface area (Å²) in [6, 6.07) is 28.5. The number of benzene rings is 3. The first-order valence-corrected chi connectivity index (χ1v) is 12.6. The summed E-state index contributed by atoms with van der Waals surface area (Å²) in [7, 11) is 0. The lowest BCUT2D eigenvalue weighted by Crippen LogP contribution is -2.31. The Labute approximate surface area is 219 Å². The minimum atomic E-state index is -0.149. The van der Waals surface area contributed by atoms with E-state index in [4.69, 9.17) is 4.74 Å². The first kappa shape index (κ1) is 23.5. The van der Waals surface area contributed by atoms with Crippen molar-refractivity contribution in [1.29, 1.82) is 0 Å². The number of likely N-dealkylation sites (tertiary alicyclic amines) is 1. The van der Waals surface area contributed by atoms with E-state index in [1.807, 2.05) is 97.1 Å². The molecule has 1 saturated heterocycles. The van der Waals surface area contributed by atoms with Crippen molar-refractivity contribution in [1.82, 2.24) is 19.0 Å². The topological polar surface area (TPSA) is 69.4 Å². The summed E-state index contributed by atoms with van der Waals surface area (Å²) in [6.45, 7) is 1.07. The molecule has 1 fully saturated rings. The maximum Gasteiger partial charge on any atom is 0.334 e. The summed E-state index contributed by atoms with van der Waals surface area (Å²) < 4.78 is 9.39. The predicted molar refractivity (Wildman–Crippen MR) is 148 cm³/mol. The number of hydrogen-bond acceptors (Lipinski definition) is 4. The zero-order chi connectivity index (χ0) is 25.9. The van der Waals surface area contributed by atoms with E-state index in [9.17, 15) is 9.59 Å². The van der Waals surface area contributed by atoms with Crippen LogP contribution in [0.2, 0.25) is 0 Å². The maximum atomic E-state index is 13.8. The van der Waals surface area contributed by atoms with Crippen molar-refractivity contribution in [3.63, 3.8) is 0 Å². The van der Waals surface area contributed by atoms with Crippen molar-refractivity contribution < 1.29 is 9.53 Å². The Morgan fingerprint density at radius 3 is 2.34 bits per heavy atom. The van der Waals surface area contributed by atoms with Crippen LogP contribution in [-0.4, -0.2) is 38.0 Å². The number of hydrogen-bond donors (Lipinski definition) is 0. The van der Waals surface area contributed by atoms with Crippen LogP contribution in [-0.2, 0) is 4.79 Å². The number of imidazole rings is 1. The summed E-state index contributed by atoms with van der Waals surface area (Å²) in [6.07, 6.45) is 7.54. The smallest absolute Gasteiger partial charge is 0.334 e. The fourth-order valence-corrected chi connectivity index (χ4v) is 4.95. The summed E-state index contributed by atoms with van der Waals surface area (Å²) >= 11 is 0. The van der Waals surface area contributed by atoms with Crippen LogP contribution in [0.1, 0.15) is 18.0 Å². The van der Waals surface area contributed by atoms with Crippen LogP contribution in [0.4, 0.5) is 0 Å². The van der Waals surface area contributed by atoms with Crippen molar-refractivity contribution in [3.8, 4) is 17.2 Å². The second-order valence-corrected chi connectivity index (χ2v) is 9.23. The quantitative estimate of drug-likeness (QED) is 0.289. The van der Waals surface area contributed by atoms with Gasteiger partial charge in [-0.25, -0.2) is 4.79 Å². The van der Waals surface area contributed by atoms with E-state index in [0.717, 1.165) is 28.0 Å². The molecule has 6 rings (SSSR count). The van der Waals surface area contributed by atoms with Crippen LogP contribution in [0.25, 0.3) is 22.8 Å². The van der Waals surface area contributed by atoms with E-state index in [1.54, 1.807) is 32.5 Å². The highest BCUT2D eigenvalue weighted by Crippen LogP contribution is 2.28. The molecule has 5 aromatic rings. The third-order valence-electron chi connectivity index (χ3n) is 6.81. The third kappa shape index (κ3) is 4.62. The van der Waals surface area contributed by atoms with Gasteiger partial charge >= 0.3 is 5.69 Å². The third-order valence-corrected chi connectivity index (χ3v) is 6.81. The van der Waals surface area contributed by atoms with E-state index in [0.29, 0.717) is 25.3 Å². The molecule has 3 heterocycles. The molecule has 1 amide bonds. The van der Waals surface area contributed by atoms with Crippen LogP contribution >= 0.6 is 0 Å². The fourth-order valence-electron chi connectivity index (χ4n) is 4.95. The molecule has 1 unspecified atom stereocenters. The number of amides is 1. The highest BCUT2D eigenvalue weighted by molar-refractivity contribution is 5.92. The van der Waals surface area contributed by atoms with Crippen molar-refractivity contribution in [2.45, 2.75) is 12.5 Å². The average Bonchev–Trinajstić information content (AvgIpc) is 3.55. The zero-order valence-corrected chi connectivity index (χ0v) is 20.7. The number of carbonyl (C=O) groups excluding carboxylic acids is 1. The molecule has 0 aliphatic carbocycles. The summed E-state index contributed by atoms with van der Waals surface area (Å²) in [5, 5.41) is 0. The van der Waals surface area contributed by atoms with Gasteiger partial charge in [0.15, 0.2) is 0 Å². The molecule has 1 aliphatic rings. The molecule has 3 aromatic carbocycles. The van der Waals surface area contributed by atoms with Gasteiger partial charge in [0.05, 0.1) is 29.0 Å².